The Labute approximate surface area is 111 Å². The zero-order valence-corrected chi connectivity index (χ0v) is 10.7. The predicted octanol–water partition coefficient (Wildman–Crippen LogP) is 1.47. The summed E-state index contributed by atoms with van der Waals surface area (Å²) in [6.45, 7) is 1.84. The van der Waals surface area contributed by atoms with Crippen LogP contribution in [0.1, 0.15) is 35.4 Å². The molecule has 3 heterocycles. The summed E-state index contributed by atoms with van der Waals surface area (Å²) in [5, 5.41) is 9.20. The van der Waals surface area contributed by atoms with E-state index in [-0.39, 0.29) is 18.0 Å². The van der Waals surface area contributed by atoms with E-state index in [0.717, 1.165) is 18.5 Å². The molecule has 3 atom stereocenters. The molecule has 0 aromatic carbocycles. The van der Waals surface area contributed by atoms with Crippen molar-refractivity contribution in [3.8, 4) is 0 Å². The number of carbonyl (C=O) groups is 2. The number of carboxylic acids is 1. The fourth-order valence-corrected chi connectivity index (χ4v) is 3.37. The molecule has 2 fully saturated rings. The van der Waals surface area contributed by atoms with Crippen molar-refractivity contribution in [3.05, 3.63) is 29.6 Å². The zero-order chi connectivity index (χ0) is 13.6. The lowest BCUT2D eigenvalue weighted by Gasteiger charge is -2.22. The van der Waals surface area contributed by atoms with Gasteiger partial charge in [0.1, 0.15) is 5.69 Å². The van der Waals surface area contributed by atoms with Crippen molar-refractivity contribution in [3.63, 3.8) is 0 Å². The van der Waals surface area contributed by atoms with Crippen LogP contribution in [0.2, 0.25) is 0 Å². The molecule has 5 nitrogen and oxygen atoms in total. The Kier molecular flexibility index (Phi) is 2.77. The molecule has 2 bridgehead atoms. The second kappa shape index (κ2) is 4.33. The zero-order valence-electron chi connectivity index (χ0n) is 10.7. The number of aryl methyl sites for hydroxylation is 1. The van der Waals surface area contributed by atoms with Gasteiger partial charge in [-0.05, 0) is 38.3 Å². The van der Waals surface area contributed by atoms with Crippen LogP contribution in [-0.4, -0.2) is 39.0 Å². The molecule has 1 aromatic heterocycles. The first-order valence-corrected chi connectivity index (χ1v) is 6.57. The molecule has 0 saturated carbocycles. The second-order valence-electron chi connectivity index (χ2n) is 5.36. The second-order valence-corrected chi connectivity index (χ2v) is 5.36. The number of aliphatic carboxylic acids is 1. The van der Waals surface area contributed by atoms with E-state index in [0.29, 0.717) is 12.1 Å². The lowest BCUT2D eigenvalue weighted by Crippen LogP contribution is -2.38. The van der Waals surface area contributed by atoms with E-state index in [1.54, 1.807) is 11.0 Å². The number of fused-ring (bicyclic) bond motifs is 2. The summed E-state index contributed by atoms with van der Waals surface area (Å²) < 4.78 is 0. The van der Waals surface area contributed by atoms with Crippen LogP contribution in [0.4, 0.5) is 0 Å². The van der Waals surface area contributed by atoms with Gasteiger partial charge in [-0.25, -0.2) is 4.98 Å². The monoisotopic (exact) mass is 260 g/mol. The summed E-state index contributed by atoms with van der Waals surface area (Å²) in [6, 6.07) is 5.26. The van der Waals surface area contributed by atoms with Gasteiger partial charge in [-0.15, -0.1) is 0 Å². The third kappa shape index (κ3) is 1.89. The first kappa shape index (κ1) is 12.1. The number of amides is 1. The van der Waals surface area contributed by atoms with Crippen molar-refractivity contribution in [2.45, 2.75) is 38.3 Å². The van der Waals surface area contributed by atoms with Gasteiger partial charge in [0.25, 0.3) is 5.91 Å². The Balaban J connectivity index is 1.87. The Hall–Kier alpha value is -1.91. The van der Waals surface area contributed by atoms with Gasteiger partial charge in [0.2, 0.25) is 0 Å². The van der Waals surface area contributed by atoms with Crippen LogP contribution in [0, 0.1) is 12.8 Å². The number of carboxylic acid groups (broad SMARTS) is 1. The van der Waals surface area contributed by atoms with E-state index in [2.05, 4.69) is 4.98 Å². The summed E-state index contributed by atoms with van der Waals surface area (Å²) in [4.78, 5) is 29.7. The minimum absolute atomic E-state index is 0.0703. The SMILES string of the molecule is Cc1cccc(C(=O)N2C3CCC2C(C(=O)O)C3)n1. The molecule has 0 radical (unpaired) electrons. The Morgan fingerprint density at radius 1 is 1.37 bits per heavy atom. The minimum atomic E-state index is -0.790. The van der Waals surface area contributed by atoms with Crippen molar-refractivity contribution >= 4 is 11.9 Å². The van der Waals surface area contributed by atoms with Crippen LogP contribution in [0.15, 0.2) is 18.2 Å². The van der Waals surface area contributed by atoms with Crippen LogP contribution in [-0.2, 0) is 4.79 Å². The summed E-state index contributed by atoms with van der Waals surface area (Å²) in [6.07, 6.45) is 2.28. The lowest BCUT2D eigenvalue weighted by molar-refractivity contribution is -0.142. The molecular formula is C14H16N2O3. The van der Waals surface area contributed by atoms with Gasteiger partial charge in [0.15, 0.2) is 0 Å². The summed E-state index contributed by atoms with van der Waals surface area (Å²) in [5.41, 5.74) is 1.22. The highest BCUT2D eigenvalue weighted by atomic mass is 16.4. The molecule has 3 rings (SSSR count). The molecule has 5 heteroatoms. The third-order valence-corrected chi connectivity index (χ3v) is 4.20. The molecule has 1 N–H and O–H groups in total. The van der Waals surface area contributed by atoms with Gasteiger partial charge >= 0.3 is 5.97 Å². The van der Waals surface area contributed by atoms with Crippen LogP contribution in [0.25, 0.3) is 0 Å². The normalized spacial score (nSPS) is 28.7. The largest absolute Gasteiger partial charge is 0.481 e. The molecule has 2 saturated heterocycles. The fourth-order valence-electron chi connectivity index (χ4n) is 3.37. The average Bonchev–Trinajstić information content (AvgIpc) is 2.95. The van der Waals surface area contributed by atoms with Crippen LogP contribution in [0.5, 0.6) is 0 Å². The molecule has 2 aliphatic heterocycles. The van der Waals surface area contributed by atoms with E-state index < -0.39 is 11.9 Å². The van der Waals surface area contributed by atoms with Crippen molar-refractivity contribution < 1.29 is 14.7 Å². The number of hydrogen-bond acceptors (Lipinski definition) is 3. The number of carbonyl (C=O) groups excluding carboxylic acids is 1. The molecule has 2 aliphatic rings. The lowest BCUT2D eigenvalue weighted by atomic mass is 9.89. The Morgan fingerprint density at radius 2 is 2.16 bits per heavy atom. The minimum Gasteiger partial charge on any atom is -0.481 e. The van der Waals surface area contributed by atoms with Gasteiger partial charge in [-0.1, -0.05) is 6.07 Å². The van der Waals surface area contributed by atoms with Gasteiger partial charge in [0.05, 0.1) is 5.92 Å². The first-order chi connectivity index (χ1) is 9.08. The smallest absolute Gasteiger partial charge is 0.308 e. The molecule has 19 heavy (non-hydrogen) atoms. The molecule has 1 amide bonds. The maximum absolute atomic E-state index is 12.5. The summed E-state index contributed by atoms with van der Waals surface area (Å²) in [5.74, 6) is -1.32. The van der Waals surface area contributed by atoms with Crippen LogP contribution < -0.4 is 0 Å². The van der Waals surface area contributed by atoms with Crippen LogP contribution in [0.3, 0.4) is 0 Å². The van der Waals surface area contributed by atoms with E-state index in [1.807, 2.05) is 19.1 Å². The number of hydrogen-bond donors (Lipinski definition) is 1. The molecule has 1 aromatic rings. The predicted molar refractivity (Wildman–Crippen MR) is 67.7 cm³/mol. The van der Waals surface area contributed by atoms with E-state index >= 15 is 0 Å². The van der Waals surface area contributed by atoms with Gasteiger partial charge in [0, 0.05) is 17.8 Å². The molecular weight excluding hydrogens is 244 g/mol. The van der Waals surface area contributed by atoms with Crippen molar-refractivity contribution in [2.24, 2.45) is 5.92 Å². The number of rotatable bonds is 2. The maximum atomic E-state index is 12.5. The molecule has 0 spiro atoms. The van der Waals surface area contributed by atoms with Crippen molar-refractivity contribution in [2.75, 3.05) is 0 Å². The number of nitrogens with zero attached hydrogens (tertiary/aromatic N) is 2. The summed E-state index contributed by atoms with van der Waals surface area (Å²) in [7, 11) is 0. The highest BCUT2D eigenvalue weighted by Gasteiger charge is 2.51. The van der Waals surface area contributed by atoms with Gasteiger partial charge in [-0.3, -0.25) is 9.59 Å². The molecule has 0 aliphatic carbocycles. The number of pyridine rings is 1. The average molecular weight is 260 g/mol. The highest BCUT2D eigenvalue weighted by molar-refractivity contribution is 5.94. The van der Waals surface area contributed by atoms with Crippen LogP contribution >= 0.6 is 0 Å². The van der Waals surface area contributed by atoms with Crippen molar-refractivity contribution in [1.29, 1.82) is 0 Å². The quantitative estimate of drug-likeness (QED) is 0.874. The van der Waals surface area contributed by atoms with E-state index in [1.165, 1.54) is 0 Å². The highest BCUT2D eigenvalue weighted by Crippen LogP contribution is 2.42. The van der Waals surface area contributed by atoms with E-state index in [4.69, 9.17) is 0 Å². The third-order valence-electron chi connectivity index (χ3n) is 4.20. The fraction of sp³-hybridized carbons (Fsp3) is 0.500. The standard InChI is InChI=1S/C14H16N2O3/c1-8-3-2-4-11(15-8)13(17)16-9-5-6-12(16)10(7-9)14(18)19/h2-4,9-10,12H,5-7H2,1H3,(H,18,19). The van der Waals surface area contributed by atoms with Crippen molar-refractivity contribution in [1.82, 2.24) is 9.88 Å². The topological polar surface area (TPSA) is 70.5 Å². The summed E-state index contributed by atoms with van der Waals surface area (Å²) >= 11 is 0. The Morgan fingerprint density at radius 3 is 2.79 bits per heavy atom. The maximum Gasteiger partial charge on any atom is 0.308 e. The Bertz CT molecular complexity index is 543. The molecule has 3 unspecified atom stereocenters. The molecule has 100 valence electrons. The van der Waals surface area contributed by atoms with Gasteiger partial charge < -0.3 is 10.0 Å². The number of aromatic nitrogens is 1. The van der Waals surface area contributed by atoms with Gasteiger partial charge in [-0.2, -0.15) is 0 Å². The first-order valence-electron chi connectivity index (χ1n) is 6.57. The van der Waals surface area contributed by atoms with E-state index in [9.17, 15) is 14.7 Å².